The van der Waals surface area contributed by atoms with Gasteiger partial charge in [0.1, 0.15) is 5.76 Å². The summed E-state index contributed by atoms with van der Waals surface area (Å²) in [7, 11) is 1.30. The molecule has 2 rings (SSSR count). The molecule has 0 bridgehead atoms. The highest BCUT2D eigenvalue weighted by Gasteiger charge is 2.13. The average molecular weight is 306 g/mol. The van der Waals surface area contributed by atoms with Crippen LogP contribution >= 0.6 is 11.8 Å². The Morgan fingerprint density at radius 2 is 2.43 bits per heavy atom. The molecule has 6 nitrogen and oxygen atoms in total. The summed E-state index contributed by atoms with van der Waals surface area (Å²) < 4.78 is 11.7. The molecule has 0 spiro atoms. The van der Waals surface area contributed by atoms with E-state index >= 15 is 0 Å². The zero-order valence-corrected chi connectivity index (χ0v) is 12.2. The number of hydrogen-bond acceptors (Lipinski definition) is 6. The van der Waals surface area contributed by atoms with Crippen LogP contribution in [0.1, 0.15) is 22.0 Å². The second kappa shape index (κ2) is 7.02. The molecule has 1 N–H and O–H groups in total. The van der Waals surface area contributed by atoms with E-state index in [-0.39, 0.29) is 12.4 Å². The van der Waals surface area contributed by atoms with Crippen LogP contribution in [-0.2, 0) is 23.6 Å². The van der Waals surface area contributed by atoms with Gasteiger partial charge >= 0.3 is 5.97 Å². The van der Waals surface area contributed by atoms with E-state index in [2.05, 4.69) is 15.6 Å². The first-order valence-corrected chi connectivity index (χ1v) is 7.06. The number of carbonyl (C=O) groups excluding carboxylic acids is 1. The van der Waals surface area contributed by atoms with E-state index in [1.54, 1.807) is 22.9 Å². The molecule has 0 atom stereocenters. The summed E-state index contributed by atoms with van der Waals surface area (Å²) >= 11 is 1.41. The molecule has 0 aromatic carbocycles. The zero-order chi connectivity index (χ0) is 15.2. The van der Waals surface area contributed by atoms with E-state index in [0.717, 1.165) is 0 Å². The van der Waals surface area contributed by atoms with Crippen LogP contribution in [0.4, 0.5) is 0 Å². The molecule has 0 saturated heterocycles. The Hall–Kier alpha value is -2.17. The minimum Gasteiger partial charge on any atom is -0.463 e. The number of methoxy groups -OCH3 is 1. The molecule has 0 aliphatic heterocycles. The summed E-state index contributed by atoms with van der Waals surface area (Å²) in [6.45, 7) is 0.215. The maximum Gasteiger partial charge on any atom is 0.373 e. The van der Waals surface area contributed by atoms with Gasteiger partial charge < -0.3 is 18.8 Å². The predicted octanol–water partition coefficient (Wildman–Crippen LogP) is 1.68. The summed E-state index contributed by atoms with van der Waals surface area (Å²) in [6.07, 6.45) is 6.90. The van der Waals surface area contributed by atoms with Gasteiger partial charge in [0.25, 0.3) is 0 Å². The van der Waals surface area contributed by atoms with Crippen molar-refractivity contribution in [1.29, 1.82) is 0 Å². The van der Waals surface area contributed by atoms with E-state index < -0.39 is 5.97 Å². The van der Waals surface area contributed by atoms with Gasteiger partial charge in [-0.15, -0.1) is 6.42 Å². The molecule has 2 heterocycles. The molecule has 2 aromatic heterocycles. The lowest BCUT2D eigenvalue weighted by atomic mass is 10.4. The largest absolute Gasteiger partial charge is 0.463 e. The first-order chi connectivity index (χ1) is 10.2. The van der Waals surface area contributed by atoms with E-state index in [1.807, 2.05) is 0 Å². The number of aliphatic hydroxyl groups is 1. The molecule has 0 saturated carbocycles. The maximum absolute atomic E-state index is 11.3. The highest BCUT2D eigenvalue weighted by atomic mass is 32.2. The van der Waals surface area contributed by atoms with E-state index in [9.17, 15) is 9.90 Å². The number of terminal acetylenes is 1. The zero-order valence-electron chi connectivity index (χ0n) is 11.4. The average Bonchev–Trinajstić information content (AvgIpc) is 3.11. The number of ether oxygens (including phenoxy) is 1. The number of carbonyl (C=O) groups is 1. The van der Waals surface area contributed by atoms with Gasteiger partial charge in [0, 0.05) is 0 Å². The Balaban J connectivity index is 2.06. The normalized spacial score (nSPS) is 10.3. The van der Waals surface area contributed by atoms with Gasteiger partial charge in [-0.25, -0.2) is 9.78 Å². The summed E-state index contributed by atoms with van der Waals surface area (Å²) in [5, 5.41) is 9.91. The Morgan fingerprint density at radius 1 is 1.62 bits per heavy atom. The van der Waals surface area contributed by atoms with Crippen LogP contribution in [0.3, 0.4) is 0 Å². The number of thioether (sulfide) groups is 1. The summed E-state index contributed by atoms with van der Waals surface area (Å²) in [5.41, 5.74) is 0.658. The number of furan rings is 1. The van der Waals surface area contributed by atoms with Crippen molar-refractivity contribution in [3.05, 3.63) is 35.5 Å². The van der Waals surface area contributed by atoms with E-state index in [1.165, 1.54) is 18.9 Å². The number of aliphatic hydroxyl groups excluding tert-OH is 1. The number of hydrogen-bond donors (Lipinski definition) is 1. The van der Waals surface area contributed by atoms with Gasteiger partial charge in [-0.05, 0) is 12.1 Å². The molecule has 0 aliphatic carbocycles. The molecule has 2 aromatic rings. The van der Waals surface area contributed by atoms with Crippen LogP contribution in [-0.4, -0.2) is 27.7 Å². The van der Waals surface area contributed by atoms with Crippen molar-refractivity contribution in [3.63, 3.8) is 0 Å². The lowest BCUT2D eigenvalue weighted by Crippen LogP contribution is -2.03. The summed E-state index contributed by atoms with van der Waals surface area (Å²) in [6, 6.07) is 3.27. The molecule has 0 aliphatic rings. The first kappa shape index (κ1) is 15.2. The fourth-order valence-electron chi connectivity index (χ4n) is 1.70. The highest BCUT2D eigenvalue weighted by Crippen LogP contribution is 2.24. The van der Waals surface area contributed by atoms with Crippen LogP contribution < -0.4 is 0 Å². The van der Waals surface area contributed by atoms with Crippen molar-refractivity contribution in [2.75, 3.05) is 7.11 Å². The molecule has 7 heteroatoms. The third-order valence-electron chi connectivity index (χ3n) is 2.70. The topological polar surface area (TPSA) is 77.5 Å². The second-order valence-electron chi connectivity index (χ2n) is 4.03. The number of esters is 1. The molecular formula is C14H14N2O4S. The SMILES string of the molecule is C#CCn1c(CO)cnc1SCc1ccc(C(=O)OC)o1. The molecule has 110 valence electrons. The van der Waals surface area contributed by atoms with Crippen LogP contribution in [0.15, 0.2) is 27.9 Å². The van der Waals surface area contributed by atoms with Crippen molar-refractivity contribution in [3.8, 4) is 12.3 Å². The molecular weight excluding hydrogens is 292 g/mol. The van der Waals surface area contributed by atoms with Crippen LogP contribution in [0.25, 0.3) is 0 Å². The minimum atomic E-state index is -0.511. The van der Waals surface area contributed by atoms with Gasteiger partial charge in [-0.3, -0.25) is 0 Å². The van der Waals surface area contributed by atoms with Crippen molar-refractivity contribution in [1.82, 2.24) is 9.55 Å². The van der Waals surface area contributed by atoms with Crippen molar-refractivity contribution in [2.45, 2.75) is 24.1 Å². The van der Waals surface area contributed by atoms with Crippen molar-refractivity contribution in [2.24, 2.45) is 0 Å². The Bertz CT molecular complexity index is 669. The fraction of sp³-hybridized carbons (Fsp3) is 0.286. The molecule has 21 heavy (non-hydrogen) atoms. The van der Waals surface area contributed by atoms with Gasteiger partial charge in [0.15, 0.2) is 5.16 Å². The lowest BCUT2D eigenvalue weighted by Gasteiger charge is -2.06. The molecule has 0 radical (unpaired) electrons. The second-order valence-corrected chi connectivity index (χ2v) is 4.97. The van der Waals surface area contributed by atoms with Gasteiger partial charge in [0.2, 0.25) is 5.76 Å². The first-order valence-electron chi connectivity index (χ1n) is 6.08. The Labute approximate surface area is 126 Å². The standard InChI is InChI=1S/C14H14N2O4S/c1-3-6-16-10(8-17)7-15-14(16)21-9-11-4-5-12(20-11)13(18)19-2/h1,4-5,7,17H,6,8-9H2,2H3. The maximum atomic E-state index is 11.3. The van der Waals surface area contributed by atoms with Crippen molar-refractivity contribution >= 4 is 17.7 Å². The predicted molar refractivity (Wildman–Crippen MR) is 76.6 cm³/mol. The summed E-state index contributed by atoms with van der Waals surface area (Å²) in [5.74, 6) is 3.29. The number of imidazole rings is 1. The smallest absolute Gasteiger partial charge is 0.373 e. The molecule has 0 unspecified atom stereocenters. The van der Waals surface area contributed by atoms with Crippen LogP contribution in [0.5, 0.6) is 0 Å². The Morgan fingerprint density at radius 3 is 3.10 bits per heavy atom. The van der Waals surface area contributed by atoms with E-state index in [4.69, 9.17) is 10.8 Å². The fourth-order valence-corrected chi connectivity index (χ4v) is 2.59. The lowest BCUT2D eigenvalue weighted by molar-refractivity contribution is 0.0563. The van der Waals surface area contributed by atoms with Gasteiger partial charge in [0.05, 0.1) is 37.9 Å². The van der Waals surface area contributed by atoms with Crippen LogP contribution in [0.2, 0.25) is 0 Å². The summed E-state index contributed by atoms with van der Waals surface area (Å²) in [4.78, 5) is 15.5. The van der Waals surface area contributed by atoms with E-state index in [0.29, 0.717) is 28.9 Å². The minimum absolute atomic E-state index is 0.123. The Kier molecular flexibility index (Phi) is 5.09. The third kappa shape index (κ3) is 3.48. The molecule has 0 amide bonds. The quantitative estimate of drug-likeness (QED) is 0.497. The molecule has 0 fully saturated rings. The van der Waals surface area contributed by atoms with Gasteiger partial charge in [-0.2, -0.15) is 0 Å². The number of rotatable bonds is 6. The van der Waals surface area contributed by atoms with Crippen molar-refractivity contribution < 1.29 is 19.1 Å². The highest BCUT2D eigenvalue weighted by molar-refractivity contribution is 7.98. The number of aromatic nitrogens is 2. The number of nitrogens with zero attached hydrogens (tertiary/aromatic N) is 2. The van der Waals surface area contributed by atoms with Gasteiger partial charge in [-0.1, -0.05) is 17.7 Å². The monoisotopic (exact) mass is 306 g/mol. The van der Waals surface area contributed by atoms with Crippen LogP contribution in [0, 0.1) is 12.3 Å². The third-order valence-corrected chi connectivity index (χ3v) is 3.72.